The van der Waals surface area contributed by atoms with Gasteiger partial charge in [-0.25, -0.2) is 8.42 Å². The van der Waals surface area contributed by atoms with Crippen LogP contribution in [-0.4, -0.2) is 35.6 Å². The summed E-state index contributed by atoms with van der Waals surface area (Å²) >= 11 is 1.99. The second kappa shape index (κ2) is 8.10. The predicted molar refractivity (Wildman–Crippen MR) is 123 cm³/mol. The first-order valence-corrected chi connectivity index (χ1v) is 12.5. The molecule has 33 heavy (non-hydrogen) atoms. The number of fused-ring (bicyclic) bond motifs is 2. The van der Waals surface area contributed by atoms with E-state index in [-0.39, 0.29) is 33.6 Å². The zero-order chi connectivity index (χ0) is 23.2. The van der Waals surface area contributed by atoms with E-state index in [9.17, 15) is 18.0 Å². The molecule has 0 radical (unpaired) electrons. The fourth-order valence-electron chi connectivity index (χ4n) is 3.25. The molecule has 0 saturated heterocycles. The van der Waals surface area contributed by atoms with Gasteiger partial charge in [0.15, 0.2) is 17.3 Å². The van der Waals surface area contributed by atoms with Crippen molar-refractivity contribution in [3.63, 3.8) is 0 Å². The average molecular weight is 503 g/mol. The number of sulfonamides is 1. The molecule has 0 atom stereocenters. The summed E-state index contributed by atoms with van der Waals surface area (Å²) in [6.07, 6.45) is 0. The lowest BCUT2D eigenvalue weighted by atomic mass is 10.1. The number of thiophene rings is 1. The average Bonchev–Trinajstić information content (AvgIpc) is 3.52. The number of amides is 1. The molecule has 2 aromatic heterocycles. The van der Waals surface area contributed by atoms with E-state index in [1.165, 1.54) is 30.5 Å². The number of hydrogen-bond acceptors (Lipinski definition) is 10. The Hall–Kier alpha value is -3.55. The third kappa shape index (κ3) is 4.01. The maximum absolute atomic E-state index is 13.0. The van der Waals surface area contributed by atoms with Gasteiger partial charge in [0.1, 0.15) is 20.8 Å². The van der Waals surface area contributed by atoms with Gasteiger partial charge in [0.25, 0.3) is 15.9 Å². The van der Waals surface area contributed by atoms with Crippen LogP contribution < -0.4 is 19.5 Å². The molecule has 0 fully saturated rings. The van der Waals surface area contributed by atoms with Crippen LogP contribution in [0, 0.1) is 0 Å². The number of benzene rings is 2. The minimum atomic E-state index is -4.08. The number of ether oxygens (including phenoxy) is 2. The standard InChI is InChI=1S/C20H14N4O6S3/c1-10(25)12-7-16-17(30-9-29-16)8-14(12)21-20(26)19-18(4-5-31-19)33(27,28)24-11-2-3-13-15(6-11)23-32-22-13/h2-8,24H,9H2,1H3,(H,21,26). The van der Waals surface area contributed by atoms with Gasteiger partial charge in [-0.05, 0) is 42.6 Å². The monoisotopic (exact) mass is 502 g/mol. The zero-order valence-electron chi connectivity index (χ0n) is 16.8. The Kier molecular flexibility index (Phi) is 5.23. The van der Waals surface area contributed by atoms with Gasteiger partial charge in [-0.2, -0.15) is 8.75 Å². The molecular formula is C20H14N4O6S3. The molecule has 1 aliphatic rings. The van der Waals surface area contributed by atoms with Crippen LogP contribution in [-0.2, 0) is 10.0 Å². The van der Waals surface area contributed by atoms with E-state index >= 15 is 0 Å². The van der Waals surface area contributed by atoms with Crippen LogP contribution in [0.2, 0.25) is 0 Å². The van der Waals surface area contributed by atoms with E-state index in [2.05, 4.69) is 18.8 Å². The van der Waals surface area contributed by atoms with Crippen LogP contribution in [0.25, 0.3) is 11.0 Å². The normalized spacial score (nSPS) is 12.6. The summed E-state index contributed by atoms with van der Waals surface area (Å²) in [6, 6.07) is 9.09. The minimum absolute atomic E-state index is 0.00577. The first kappa shape index (κ1) is 21.3. The maximum Gasteiger partial charge on any atom is 0.267 e. The van der Waals surface area contributed by atoms with Gasteiger partial charge in [-0.1, -0.05) is 0 Å². The first-order valence-electron chi connectivity index (χ1n) is 9.40. The highest BCUT2D eigenvalue weighted by Gasteiger charge is 2.26. The van der Waals surface area contributed by atoms with Crippen molar-refractivity contribution in [3.8, 4) is 11.5 Å². The molecule has 2 N–H and O–H groups in total. The molecule has 10 nitrogen and oxygen atoms in total. The van der Waals surface area contributed by atoms with Crippen LogP contribution in [0.1, 0.15) is 27.0 Å². The number of ketones is 1. The van der Waals surface area contributed by atoms with Crippen molar-refractivity contribution in [3.05, 3.63) is 52.2 Å². The number of aromatic nitrogens is 2. The van der Waals surface area contributed by atoms with Crippen molar-refractivity contribution in [1.29, 1.82) is 0 Å². The third-order valence-electron chi connectivity index (χ3n) is 4.77. The van der Waals surface area contributed by atoms with E-state index in [1.807, 2.05) is 0 Å². The second-order valence-corrected chi connectivity index (χ2v) is 10.0. The summed E-state index contributed by atoms with van der Waals surface area (Å²) in [5, 5.41) is 4.13. The minimum Gasteiger partial charge on any atom is -0.454 e. The Morgan fingerprint density at radius 3 is 2.58 bits per heavy atom. The topological polar surface area (TPSA) is 137 Å². The number of Topliss-reactive ketones (excluding diaryl/α,β-unsaturated/α-hetero) is 1. The van der Waals surface area contributed by atoms with Crippen LogP contribution in [0.15, 0.2) is 46.7 Å². The molecule has 1 aliphatic heterocycles. The molecule has 168 valence electrons. The van der Waals surface area contributed by atoms with E-state index < -0.39 is 15.9 Å². The van der Waals surface area contributed by atoms with Crippen molar-refractivity contribution < 1.29 is 27.5 Å². The Bertz CT molecular complexity index is 1530. The van der Waals surface area contributed by atoms with Gasteiger partial charge in [0, 0.05) is 11.6 Å². The van der Waals surface area contributed by atoms with Gasteiger partial charge in [0.05, 0.1) is 23.1 Å². The SMILES string of the molecule is CC(=O)c1cc2c(cc1NC(=O)c1sccc1S(=O)(=O)Nc1ccc3nsnc3c1)OCO2. The Labute approximate surface area is 195 Å². The number of anilines is 2. The zero-order valence-corrected chi connectivity index (χ0v) is 19.3. The molecule has 0 unspecified atom stereocenters. The van der Waals surface area contributed by atoms with Gasteiger partial charge >= 0.3 is 0 Å². The lowest BCUT2D eigenvalue weighted by Gasteiger charge is -2.12. The number of carbonyl (C=O) groups excluding carboxylic acids is 2. The van der Waals surface area contributed by atoms with Crippen LogP contribution in [0.3, 0.4) is 0 Å². The van der Waals surface area contributed by atoms with Crippen molar-refractivity contribution in [2.75, 3.05) is 16.8 Å². The van der Waals surface area contributed by atoms with Gasteiger partial charge in [-0.3, -0.25) is 14.3 Å². The second-order valence-electron chi connectivity index (χ2n) is 6.95. The summed E-state index contributed by atoms with van der Waals surface area (Å²) in [6.45, 7) is 1.36. The lowest BCUT2D eigenvalue weighted by molar-refractivity contribution is 0.101. The molecule has 13 heteroatoms. The van der Waals surface area contributed by atoms with Crippen molar-refractivity contribution in [2.24, 2.45) is 0 Å². The Morgan fingerprint density at radius 2 is 1.79 bits per heavy atom. The van der Waals surface area contributed by atoms with Crippen LogP contribution >= 0.6 is 23.1 Å². The van der Waals surface area contributed by atoms with Gasteiger partial charge < -0.3 is 14.8 Å². The summed E-state index contributed by atoms with van der Waals surface area (Å²) < 4.78 is 47.3. The maximum atomic E-state index is 13.0. The first-order chi connectivity index (χ1) is 15.8. The Morgan fingerprint density at radius 1 is 1.03 bits per heavy atom. The van der Waals surface area contributed by atoms with E-state index in [0.717, 1.165) is 23.1 Å². The van der Waals surface area contributed by atoms with Crippen molar-refractivity contribution in [1.82, 2.24) is 8.75 Å². The fraction of sp³-hybridized carbons (Fsp3) is 0.100. The number of hydrogen-bond donors (Lipinski definition) is 2. The molecule has 1 amide bonds. The molecule has 2 aromatic carbocycles. The fourth-order valence-corrected chi connectivity index (χ4v) is 6.14. The van der Waals surface area contributed by atoms with Gasteiger partial charge in [0.2, 0.25) is 6.79 Å². The Balaban J connectivity index is 1.43. The quantitative estimate of drug-likeness (QED) is 0.381. The number of nitrogens with one attached hydrogen (secondary N) is 2. The van der Waals surface area contributed by atoms with Crippen LogP contribution in [0.4, 0.5) is 11.4 Å². The highest BCUT2D eigenvalue weighted by Crippen LogP contribution is 2.38. The molecule has 5 rings (SSSR count). The third-order valence-corrected chi connectivity index (χ3v) is 7.79. The molecular weight excluding hydrogens is 488 g/mol. The summed E-state index contributed by atoms with van der Waals surface area (Å²) in [5.41, 5.74) is 1.92. The summed E-state index contributed by atoms with van der Waals surface area (Å²) in [7, 11) is -4.08. The highest BCUT2D eigenvalue weighted by molar-refractivity contribution is 7.93. The molecule has 0 bridgehead atoms. The summed E-state index contributed by atoms with van der Waals surface area (Å²) in [4.78, 5) is 24.9. The lowest BCUT2D eigenvalue weighted by Crippen LogP contribution is -2.19. The number of carbonyl (C=O) groups is 2. The summed E-state index contributed by atoms with van der Waals surface area (Å²) in [5.74, 6) is -0.195. The highest BCUT2D eigenvalue weighted by atomic mass is 32.2. The van der Waals surface area contributed by atoms with E-state index in [4.69, 9.17) is 9.47 Å². The van der Waals surface area contributed by atoms with Crippen molar-refractivity contribution >= 4 is 67.2 Å². The smallest absolute Gasteiger partial charge is 0.267 e. The van der Waals surface area contributed by atoms with Crippen LogP contribution in [0.5, 0.6) is 11.5 Å². The number of nitrogens with zero attached hydrogens (tertiary/aromatic N) is 2. The van der Waals surface area contributed by atoms with Gasteiger partial charge in [-0.15, -0.1) is 11.3 Å². The number of rotatable bonds is 6. The molecule has 3 heterocycles. The molecule has 4 aromatic rings. The van der Waals surface area contributed by atoms with Crippen molar-refractivity contribution in [2.45, 2.75) is 11.8 Å². The van der Waals surface area contributed by atoms with E-state index in [1.54, 1.807) is 18.2 Å². The van der Waals surface area contributed by atoms with E-state index in [0.29, 0.717) is 28.2 Å². The molecule has 0 aliphatic carbocycles. The predicted octanol–water partition coefficient (Wildman–Crippen LogP) is 3.74. The molecule has 0 saturated carbocycles. The largest absolute Gasteiger partial charge is 0.454 e. The molecule has 0 spiro atoms.